The van der Waals surface area contributed by atoms with Crippen LogP contribution in [0.5, 0.6) is 0 Å². The minimum atomic E-state index is -2.10. The first kappa shape index (κ1) is 53.1. The molecule has 32 aliphatic rings. The first-order chi connectivity index (χ1) is 40.8. The summed E-state index contributed by atoms with van der Waals surface area (Å²) in [5, 5.41) is 0. The van der Waals surface area contributed by atoms with E-state index in [4.69, 9.17) is 0 Å². The normalized spacial score (nSPS) is 68.0. The Morgan fingerprint density at radius 1 is 0.0909 bits per heavy atom. The summed E-state index contributed by atoms with van der Waals surface area (Å²) in [7, 11) is 0. The molecule has 0 N–H and O–H groups in total. The molecule has 0 aliphatic heterocycles. The zero-order chi connectivity index (χ0) is 60.8. The number of rotatable bonds is 0. The van der Waals surface area contributed by atoms with Gasteiger partial charge in [-0.25, -0.2) is 0 Å². The van der Waals surface area contributed by atoms with Gasteiger partial charge in [0.1, 0.15) is 117 Å². The lowest BCUT2D eigenvalue weighted by molar-refractivity contribution is 0.562. The predicted molar refractivity (Wildman–Crippen MR) is 368 cm³/mol. The quantitative estimate of drug-likeness (QED) is 0.168. The lowest BCUT2D eigenvalue weighted by Crippen LogP contribution is -2.63. The fraction of sp³-hybridized carbons (Fsp3) is 0.400. The Balaban J connectivity index is 0.00000110. The summed E-state index contributed by atoms with van der Waals surface area (Å²) in [5.41, 5.74) is 11.2. The summed E-state index contributed by atoms with van der Waals surface area (Å²) in [6, 6.07) is 0. The molecule has 0 radical (unpaired) electrons. The molecule has 0 nitrogen and oxygen atoms in total. The second-order valence-corrected chi connectivity index (χ2v) is 42.9. The van der Waals surface area contributed by atoms with Gasteiger partial charge in [0.15, 0.2) is 0 Å². The third-order valence-electron chi connectivity index (χ3n) is 29.3. The predicted octanol–water partition coefficient (Wildman–Crippen LogP) is 20.6. The zero-order valence-electron chi connectivity index (χ0n) is 40.6. The van der Waals surface area contributed by atoms with Gasteiger partial charge in [-0.1, -0.05) is 0 Å². The minimum absolute atomic E-state index is 0.286. The van der Waals surface area contributed by atoms with Crippen molar-refractivity contribution in [1.82, 2.24) is 0 Å². The van der Waals surface area contributed by atoms with Crippen molar-refractivity contribution < 1.29 is 0 Å². The van der Waals surface area contributed by atoms with E-state index in [9.17, 15) is 278 Å². The minimum Gasteiger partial charge on any atom is -0.104 e. The van der Waals surface area contributed by atoms with Crippen LogP contribution in [0, 0.1) is 0 Å². The Kier molecular flexibility index (Phi) is 6.82. The van der Waals surface area contributed by atoms with E-state index < -0.39 is 117 Å². The smallest absolute Gasteiger partial charge is 0.104 e. The van der Waals surface area contributed by atoms with E-state index in [0.717, 1.165) is 0 Å². The fourth-order valence-corrected chi connectivity index (χ4v) is 48.7. The Morgan fingerprint density at radius 2 is 0.114 bits per heavy atom. The van der Waals surface area contributed by atoms with Crippen molar-refractivity contribution in [3.05, 3.63) is 201 Å². The summed E-state index contributed by atoms with van der Waals surface area (Å²) >= 11 is 239. The summed E-state index contributed by atoms with van der Waals surface area (Å²) in [5.74, 6) is 0. The molecule has 28 heteroatoms. The van der Waals surface area contributed by atoms with E-state index in [-0.39, 0.29) is 66.9 Å². The first-order valence-electron chi connectivity index (χ1n) is 27.3. The van der Waals surface area contributed by atoms with Crippen molar-refractivity contribution in [2.45, 2.75) is 117 Å². The molecule has 0 unspecified atom stereocenters. The maximum Gasteiger partial charge on any atom is 0.116 e. The van der Waals surface area contributed by atoms with Crippen LogP contribution in [0.2, 0.25) is 0 Å². The molecular weight excluding hydrogens is 1890 g/mol. The highest BCUT2D eigenvalue weighted by Crippen LogP contribution is 3.09. The Labute approximate surface area is 643 Å². The highest BCUT2D eigenvalue weighted by Gasteiger charge is 3.09. The molecule has 8 fully saturated rings. The topological polar surface area (TPSA) is 0 Å². The number of allylic oxidation sites excluding steroid dienone is 36. The van der Waals surface area contributed by atoms with Gasteiger partial charge < -0.3 is 0 Å². The molecule has 8 saturated carbocycles. The second-order valence-electron chi connectivity index (χ2n) is 29.3. The highest BCUT2D eigenvalue weighted by atomic mass is 80.9. The van der Waals surface area contributed by atoms with E-state index in [0.29, 0.717) is 134 Å². The van der Waals surface area contributed by atoms with Crippen LogP contribution >= 0.6 is 335 Å². The maximum atomic E-state index is 9.50. The molecule has 436 valence electrons. The van der Waals surface area contributed by atoms with Gasteiger partial charge >= 0.3 is 0 Å². The van der Waals surface area contributed by atoms with Crippen LogP contribution in [-0.4, -0.2) is 117 Å². The van der Waals surface area contributed by atoms with Crippen molar-refractivity contribution in [1.29, 1.82) is 0 Å². The van der Waals surface area contributed by atoms with Crippen molar-refractivity contribution in [3.63, 3.8) is 0 Å². The molecule has 0 saturated heterocycles. The second kappa shape index (κ2) is 11.3. The standard InChI is InChI=1S/C60Cl24.2Br2/c61-37-1-2-39(63)7-9-48(72)16-13-43(67,28(48)25(37)39)6-4(37)41(65)3-5-42(66)11-12-47(71)10-8(40(2,64)27(47)26(42)38(1,3)62)46(7,70)31-32-50(10,74)20-22-58(32,82)21-19(49(9,31)73)54(16,78)36-35-53(13,77)15-18-55(79)17-14(44(5,68)30(55)29(41)45(6,15)69)51(11,75)33(52(12,20)76)34-56(17,80)23(57(18,35)81)24(59(22,34)83)60(21,36)84;2*1-2. The van der Waals surface area contributed by atoms with Gasteiger partial charge in [-0.15, -0.1) is 278 Å². The number of alkyl halides is 24. The van der Waals surface area contributed by atoms with E-state index >= 15 is 0 Å². The maximum absolute atomic E-state index is 9.50. The van der Waals surface area contributed by atoms with E-state index in [1.165, 1.54) is 0 Å². The molecule has 0 aromatic heterocycles. The fourth-order valence-electron chi connectivity index (χ4n) is 29.9. The molecular formula is C60Br4Cl24. The largest absolute Gasteiger partial charge is 0.116 e. The molecule has 0 aromatic rings. The first-order valence-corrected chi connectivity index (χ1v) is 43.8. The van der Waals surface area contributed by atoms with Crippen molar-refractivity contribution in [3.8, 4) is 0 Å². The van der Waals surface area contributed by atoms with Crippen LogP contribution in [0.25, 0.3) is 0 Å². The summed E-state index contributed by atoms with van der Waals surface area (Å²) < 4.78 is 0. The molecule has 0 bridgehead atoms. The molecule has 88 heavy (non-hydrogen) atoms. The van der Waals surface area contributed by atoms with Gasteiger partial charge in [0.25, 0.3) is 0 Å². The lowest BCUT2D eigenvalue weighted by Gasteiger charge is -2.61. The average Bonchev–Trinajstić information content (AvgIpc) is 1.34. The monoisotopic (exact) mass is 1870 g/mol. The van der Waals surface area contributed by atoms with Crippen LogP contribution in [0.1, 0.15) is 0 Å². The SMILES string of the molecule is BrBr.BrBr.ClC12C3=C4C5(Cl)C6=C7C8(Cl)C9=C%10C(Cl)(C%11=C1C1(Cl)C%12=C%13C%14(Cl)C%15=C%16C%17(Cl)C%18=C(C%10(Cl)C%10=C%19C%18(Cl)C%18=C%20C%19(Cl)C%19=C(C9%10Cl)C7(Cl)C7=C9C6(Cl)C6=C%10C9(Cl)C9=C(C%197Cl)C%20(Cl)C7=C(C%15(Cl)C%15=C(C%10(Cl)C(=C(C3%12Cl)C46Cl)C%13%15Cl)C97Cl)C%16%18Cl)C%11(Cl)C%17=C1%14)C2=C58. The average molecular weight is 1890 g/mol. The Hall–Kier alpha value is 4.20. The molecule has 0 atom stereocenters. The zero-order valence-corrected chi connectivity index (χ0v) is 65.1. The molecule has 0 spiro atoms. The summed E-state index contributed by atoms with van der Waals surface area (Å²) in [6.07, 6.45) is 0. The summed E-state index contributed by atoms with van der Waals surface area (Å²) in [4.78, 5) is -50.5. The molecule has 32 aliphatic carbocycles. The van der Waals surface area contributed by atoms with E-state index in [2.05, 4.69) is 56.5 Å². The molecule has 32 rings (SSSR count). The van der Waals surface area contributed by atoms with Gasteiger partial charge in [0.2, 0.25) is 0 Å². The van der Waals surface area contributed by atoms with Crippen molar-refractivity contribution in [2.24, 2.45) is 0 Å². The lowest BCUT2D eigenvalue weighted by atomic mass is 9.52. The third kappa shape index (κ3) is 2.78. The van der Waals surface area contributed by atoms with Crippen LogP contribution < -0.4 is 0 Å². The number of hydrogen-bond donors (Lipinski definition) is 0. The number of hydrogen-bond acceptors (Lipinski definition) is 0. The van der Waals surface area contributed by atoms with Gasteiger partial charge in [0.05, 0.1) is 0 Å². The Bertz CT molecular complexity index is 3990. The molecule has 0 amide bonds. The number of halogens is 28. The molecule has 0 aromatic carbocycles. The van der Waals surface area contributed by atoms with Crippen LogP contribution in [0.4, 0.5) is 0 Å². The van der Waals surface area contributed by atoms with E-state index in [1.54, 1.807) is 0 Å². The van der Waals surface area contributed by atoms with Gasteiger partial charge in [0, 0.05) is 56.5 Å². The molecule has 0 heterocycles. The van der Waals surface area contributed by atoms with Gasteiger partial charge in [-0.2, -0.15) is 0 Å². The Morgan fingerprint density at radius 3 is 0.136 bits per heavy atom. The van der Waals surface area contributed by atoms with Crippen molar-refractivity contribution >= 4 is 335 Å². The van der Waals surface area contributed by atoms with Gasteiger partial charge in [-0.3, -0.25) is 0 Å². The van der Waals surface area contributed by atoms with Crippen LogP contribution in [-0.2, 0) is 0 Å². The van der Waals surface area contributed by atoms with Crippen LogP contribution in [0.3, 0.4) is 0 Å². The van der Waals surface area contributed by atoms with Crippen LogP contribution in [0.15, 0.2) is 201 Å². The van der Waals surface area contributed by atoms with Gasteiger partial charge in [-0.05, 0) is 201 Å². The van der Waals surface area contributed by atoms with E-state index in [1.807, 2.05) is 0 Å². The third-order valence-corrected chi connectivity index (χ3v) is 42.9. The van der Waals surface area contributed by atoms with Crippen molar-refractivity contribution in [2.75, 3.05) is 0 Å². The highest BCUT2D eigenvalue weighted by molar-refractivity contribution is 9.93. The summed E-state index contributed by atoms with van der Waals surface area (Å²) in [6.45, 7) is 0.